The Bertz CT molecular complexity index is 1070. The number of amides is 2. The van der Waals surface area contributed by atoms with Crippen LogP contribution in [0.3, 0.4) is 0 Å². The Labute approximate surface area is 200 Å². The van der Waals surface area contributed by atoms with Crippen LogP contribution >= 0.6 is 0 Å². The molecule has 7 heteroatoms. The molecule has 0 N–H and O–H groups in total. The SMILES string of the molecule is CC(C)Oc1ccccc1N1CCN([C@H]2CC[C@@H](N3C(=O)c4cccc(F)c4C3=O)CC2)CC1. The van der Waals surface area contributed by atoms with Gasteiger partial charge in [-0.3, -0.25) is 19.4 Å². The molecule has 0 atom stereocenters. The van der Waals surface area contributed by atoms with E-state index in [2.05, 4.69) is 21.9 Å². The number of carbonyl (C=O) groups excluding carboxylic acids is 2. The lowest BCUT2D eigenvalue weighted by molar-refractivity contribution is 0.0489. The quantitative estimate of drug-likeness (QED) is 0.615. The van der Waals surface area contributed by atoms with Gasteiger partial charge in [0.15, 0.2) is 0 Å². The van der Waals surface area contributed by atoms with Crippen LogP contribution in [0.25, 0.3) is 0 Å². The van der Waals surface area contributed by atoms with Crippen LogP contribution in [0.5, 0.6) is 5.75 Å². The maximum absolute atomic E-state index is 14.2. The highest BCUT2D eigenvalue weighted by atomic mass is 19.1. The van der Waals surface area contributed by atoms with E-state index < -0.39 is 11.7 Å². The molecule has 1 saturated heterocycles. The highest BCUT2D eigenvalue weighted by Crippen LogP contribution is 2.35. The van der Waals surface area contributed by atoms with Gasteiger partial charge in [0.2, 0.25) is 0 Å². The minimum absolute atomic E-state index is 0.0625. The van der Waals surface area contributed by atoms with Gasteiger partial charge in [0.25, 0.3) is 11.8 Å². The molecule has 2 aromatic carbocycles. The molecule has 6 nitrogen and oxygen atoms in total. The monoisotopic (exact) mass is 465 g/mol. The summed E-state index contributed by atoms with van der Waals surface area (Å²) in [5.74, 6) is -0.495. The van der Waals surface area contributed by atoms with Gasteiger partial charge in [0.1, 0.15) is 11.6 Å². The van der Waals surface area contributed by atoms with Gasteiger partial charge in [0.05, 0.1) is 22.9 Å². The molecule has 2 aromatic rings. The number of fused-ring (bicyclic) bond motifs is 1. The third-order valence-corrected chi connectivity index (χ3v) is 7.33. The summed E-state index contributed by atoms with van der Waals surface area (Å²) in [5, 5.41) is 0. The number of anilines is 1. The number of rotatable bonds is 5. The van der Waals surface area contributed by atoms with Crippen molar-refractivity contribution in [3.63, 3.8) is 0 Å². The Morgan fingerprint density at radius 3 is 2.21 bits per heavy atom. The summed E-state index contributed by atoms with van der Waals surface area (Å²) in [7, 11) is 0. The van der Waals surface area contributed by atoms with Crippen molar-refractivity contribution in [1.29, 1.82) is 0 Å². The first-order valence-electron chi connectivity index (χ1n) is 12.3. The normalized spacial score (nSPS) is 23.5. The number of hydrogen-bond acceptors (Lipinski definition) is 5. The fourth-order valence-electron chi connectivity index (χ4n) is 5.68. The van der Waals surface area contributed by atoms with Crippen molar-refractivity contribution in [3.8, 4) is 5.75 Å². The average Bonchev–Trinajstić information content (AvgIpc) is 3.10. The summed E-state index contributed by atoms with van der Waals surface area (Å²) >= 11 is 0. The standard InChI is InChI=1S/C27H32FN3O3/c1-18(2)34-24-9-4-3-8-23(24)30-16-14-29(15-17-30)19-10-12-20(13-11-19)31-26(32)21-6-5-7-22(28)25(21)27(31)33/h3-9,18-20H,10-17H2,1-2H3/t19-,20+. The molecule has 5 rings (SSSR count). The van der Waals surface area contributed by atoms with Crippen LogP contribution in [-0.2, 0) is 0 Å². The molecular weight excluding hydrogens is 433 g/mol. The Balaban J connectivity index is 1.17. The first-order valence-corrected chi connectivity index (χ1v) is 12.3. The van der Waals surface area contributed by atoms with Crippen molar-refractivity contribution in [2.24, 2.45) is 0 Å². The lowest BCUT2D eigenvalue weighted by Gasteiger charge is -2.43. The second kappa shape index (κ2) is 9.37. The summed E-state index contributed by atoms with van der Waals surface area (Å²) in [6.45, 7) is 7.92. The molecule has 0 unspecified atom stereocenters. The number of para-hydroxylation sites is 2. The molecule has 0 aromatic heterocycles. The van der Waals surface area contributed by atoms with Crippen LogP contribution in [0.1, 0.15) is 60.2 Å². The number of ether oxygens (including phenoxy) is 1. The molecule has 180 valence electrons. The smallest absolute Gasteiger partial charge is 0.264 e. The highest BCUT2D eigenvalue weighted by Gasteiger charge is 2.43. The third-order valence-electron chi connectivity index (χ3n) is 7.33. The number of benzene rings is 2. The molecule has 34 heavy (non-hydrogen) atoms. The average molecular weight is 466 g/mol. The molecule has 1 aliphatic carbocycles. The van der Waals surface area contributed by atoms with E-state index in [0.717, 1.165) is 63.3 Å². The molecule has 2 aliphatic heterocycles. The van der Waals surface area contributed by atoms with Gasteiger partial charge in [-0.05, 0) is 63.8 Å². The molecule has 2 fully saturated rings. The van der Waals surface area contributed by atoms with Crippen LogP contribution in [-0.4, -0.2) is 66.0 Å². The van der Waals surface area contributed by atoms with Crippen molar-refractivity contribution in [3.05, 3.63) is 59.4 Å². The van der Waals surface area contributed by atoms with Crippen LogP contribution in [0.4, 0.5) is 10.1 Å². The van der Waals surface area contributed by atoms with E-state index in [1.165, 1.54) is 17.0 Å². The maximum atomic E-state index is 14.2. The summed E-state index contributed by atoms with van der Waals surface area (Å²) in [6, 6.07) is 12.8. The molecule has 1 saturated carbocycles. The third kappa shape index (κ3) is 4.17. The summed E-state index contributed by atoms with van der Waals surface area (Å²) in [4.78, 5) is 31.9. The lowest BCUT2D eigenvalue weighted by Crippen LogP contribution is -2.52. The second-order valence-corrected chi connectivity index (χ2v) is 9.76. The van der Waals surface area contributed by atoms with Gasteiger partial charge >= 0.3 is 0 Å². The van der Waals surface area contributed by atoms with Crippen LogP contribution in [0.2, 0.25) is 0 Å². The summed E-state index contributed by atoms with van der Waals surface area (Å²) in [6.07, 6.45) is 3.55. The zero-order valence-electron chi connectivity index (χ0n) is 19.9. The van der Waals surface area contributed by atoms with E-state index in [0.29, 0.717) is 6.04 Å². The predicted octanol–water partition coefficient (Wildman–Crippen LogP) is 4.34. The first-order chi connectivity index (χ1) is 16.4. The van der Waals surface area contributed by atoms with Crippen molar-refractivity contribution < 1.29 is 18.7 Å². The highest BCUT2D eigenvalue weighted by molar-refractivity contribution is 6.21. The van der Waals surface area contributed by atoms with Gasteiger partial charge in [-0.1, -0.05) is 18.2 Å². The van der Waals surface area contributed by atoms with E-state index in [1.54, 1.807) is 6.07 Å². The van der Waals surface area contributed by atoms with Crippen LogP contribution < -0.4 is 9.64 Å². The second-order valence-electron chi connectivity index (χ2n) is 9.76. The zero-order valence-corrected chi connectivity index (χ0v) is 19.9. The molecule has 2 heterocycles. The topological polar surface area (TPSA) is 53.1 Å². The molecule has 0 bridgehead atoms. The number of hydrogen-bond donors (Lipinski definition) is 0. The fourth-order valence-corrected chi connectivity index (χ4v) is 5.68. The van der Waals surface area contributed by atoms with E-state index in [1.807, 2.05) is 26.0 Å². The van der Waals surface area contributed by atoms with Crippen molar-refractivity contribution >= 4 is 17.5 Å². The number of carbonyl (C=O) groups is 2. The molecule has 2 amide bonds. The van der Waals surface area contributed by atoms with Gasteiger partial charge in [-0.25, -0.2) is 4.39 Å². The molecule has 3 aliphatic rings. The van der Waals surface area contributed by atoms with Crippen LogP contribution in [0, 0.1) is 5.82 Å². The fraction of sp³-hybridized carbons (Fsp3) is 0.481. The molecular formula is C27H32FN3O3. The summed E-state index contributed by atoms with van der Waals surface area (Å²) in [5.41, 5.74) is 1.29. The summed E-state index contributed by atoms with van der Waals surface area (Å²) < 4.78 is 20.2. The Hall–Kier alpha value is -2.93. The van der Waals surface area contributed by atoms with E-state index in [-0.39, 0.29) is 29.2 Å². The Kier molecular flexibility index (Phi) is 6.30. The first kappa shape index (κ1) is 22.8. The largest absolute Gasteiger partial charge is 0.489 e. The van der Waals surface area contributed by atoms with Crippen LogP contribution in [0.15, 0.2) is 42.5 Å². The molecule has 0 radical (unpaired) electrons. The van der Waals surface area contributed by atoms with Gasteiger partial charge < -0.3 is 9.64 Å². The number of imide groups is 1. The van der Waals surface area contributed by atoms with E-state index >= 15 is 0 Å². The van der Waals surface area contributed by atoms with Crippen molar-refractivity contribution in [2.45, 2.75) is 57.7 Å². The Morgan fingerprint density at radius 1 is 0.853 bits per heavy atom. The zero-order chi connectivity index (χ0) is 23.8. The minimum atomic E-state index is -0.606. The minimum Gasteiger partial charge on any atom is -0.489 e. The van der Waals surface area contributed by atoms with Gasteiger partial charge in [0, 0.05) is 38.3 Å². The maximum Gasteiger partial charge on any atom is 0.264 e. The van der Waals surface area contributed by atoms with E-state index in [9.17, 15) is 14.0 Å². The Morgan fingerprint density at radius 2 is 1.53 bits per heavy atom. The number of piperazine rings is 1. The van der Waals surface area contributed by atoms with Gasteiger partial charge in [-0.15, -0.1) is 0 Å². The predicted molar refractivity (Wildman–Crippen MR) is 129 cm³/mol. The van der Waals surface area contributed by atoms with Gasteiger partial charge in [-0.2, -0.15) is 0 Å². The molecule has 0 spiro atoms. The number of nitrogens with zero attached hydrogens (tertiary/aromatic N) is 3. The van der Waals surface area contributed by atoms with Crippen molar-refractivity contribution in [2.75, 3.05) is 31.1 Å². The van der Waals surface area contributed by atoms with Crippen molar-refractivity contribution in [1.82, 2.24) is 9.80 Å². The van der Waals surface area contributed by atoms with E-state index in [4.69, 9.17) is 4.74 Å². The lowest BCUT2D eigenvalue weighted by atomic mass is 9.89. The number of halogens is 1.